The first-order valence-corrected chi connectivity index (χ1v) is 16.1. The van der Waals surface area contributed by atoms with Crippen molar-refractivity contribution in [1.29, 1.82) is 0 Å². The van der Waals surface area contributed by atoms with Crippen LogP contribution in [0, 0.1) is 0 Å². The highest BCUT2D eigenvalue weighted by Crippen LogP contribution is 2.41. The van der Waals surface area contributed by atoms with E-state index in [1.54, 1.807) is 0 Å². The van der Waals surface area contributed by atoms with Crippen molar-refractivity contribution in [3.63, 3.8) is 0 Å². The Hall–Kier alpha value is -5.27. The number of pyridine rings is 1. The molecule has 8 rings (SSSR count). The van der Waals surface area contributed by atoms with E-state index in [1.807, 2.05) is 12.2 Å². The standard InChI is InChI=1S/C44H35N/c1-3-5-6-13-29-20-21-30-23-27-43(45-44(30)32(29)4-2)41-26-25-33(34-14-7-11-18-38(34)41)31-22-24-40-37-17-9-8-15-35(37)36-16-10-12-19-39(36)42(40)28-31/h3,5-7,9-12,14,16-28H,1,4,8,13,15H2,2H3/b6-5-. The van der Waals surface area contributed by atoms with Crippen LogP contribution in [-0.2, 0) is 19.3 Å². The Morgan fingerprint density at radius 2 is 1.49 bits per heavy atom. The molecular weight excluding hydrogens is 542 g/mol. The van der Waals surface area contributed by atoms with Gasteiger partial charge < -0.3 is 0 Å². The second kappa shape index (κ2) is 11.3. The minimum absolute atomic E-state index is 0.884. The molecule has 1 aromatic heterocycles. The van der Waals surface area contributed by atoms with Crippen molar-refractivity contribution in [2.75, 3.05) is 0 Å². The van der Waals surface area contributed by atoms with Crippen LogP contribution in [0.15, 0.2) is 134 Å². The van der Waals surface area contributed by atoms with Crippen LogP contribution in [0.4, 0.5) is 0 Å². The number of benzene rings is 6. The summed E-state index contributed by atoms with van der Waals surface area (Å²) in [5.74, 6) is 0. The quantitative estimate of drug-likeness (QED) is 0.141. The van der Waals surface area contributed by atoms with Gasteiger partial charge in [-0.25, -0.2) is 4.98 Å². The van der Waals surface area contributed by atoms with Gasteiger partial charge in [-0.05, 0) is 104 Å². The van der Waals surface area contributed by atoms with Crippen molar-refractivity contribution in [3.8, 4) is 22.4 Å². The van der Waals surface area contributed by atoms with Crippen molar-refractivity contribution >= 4 is 49.3 Å². The van der Waals surface area contributed by atoms with Gasteiger partial charge in [0.15, 0.2) is 0 Å². The van der Waals surface area contributed by atoms with Gasteiger partial charge in [0.1, 0.15) is 0 Å². The molecule has 0 atom stereocenters. The summed E-state index contributed by atoms with van der Waals surface area (Å²) < 4.78 is 0. The van der Waals surface area contributed by atoms with Crippen LogP contribution in [-0.4, -0.2) is 4.98 Å². The number of hydrogen-bond acceptors (Lipinski definition) is 1. The van der Waals surface area contributed by atoms with E-state index in [-0.39, 0.29) is 0 Å². The summed E-state index contributed by atoms with van der Waals surface area (Å²) >= 11 is 0. The van der Waals surface area contributed by atoms with E-state index in [1.165, 1.54) is 76.6 Å². The van der Waals surface area contributed by atoms with Gasteiger partial charge in [0.2, 0.25) is 0 Å². The lowest BCUT2D eigenvalue weighted by molar-refractivity contribution is 1.00. The third-order valence-electron chi connectivity index (χ3n) is 9.56. The molecule has 0 aliphatic heterocycles. The number of aromatic nitrogens is 1. The zero-order valence-electron chi connectivity index (χ0n) is 25.7. The lowest BCUT2D eigenvalue weighted by Crippen LogP contribution is -1.98. The minimum atomic E-state index is 0.884. The normalized spacial score (nSPS) is 12.9. The highest BCUT2D eigenvalue weighted by Gasteiger charge is 2.17. The van der Waals surface area contributed by atoms with Crippen molar-refractivity contribution in [1.82, 2.24) is 4.98 Å². The maximum Gasteiger partial charge on any atom is 0.0744 e. The summed E-state index contributed by atoms with van der Waals surface area (Å²) in [6.07, 6.45) is 14.7. The molecule has 1 aliphatic rings. The molecule has 0 saturated heterocycles. The second-order valence-electron chi connectivity index (χ2n) is 12.0. The highest BCUT2D eigenvalue weighted by atomic mass is 14.7. The zero-order valence-corrected chi connectivity index (χ0v) is 25.7. The lowest BCUT2D eigenvalue weighted by Gasteiger charge is -2.19. The zero-order chi connectivity index (χ0) is 30.3. The van der Waals surface area contributed by atoms with Crippen LogP contribution >= 0.6 is 0 Å². The van der Waals surface area contributed by atoms with Crippen molar-refractivity contribution in [2.24, 2.45) is 0 Å². The van der Waals surface area contributed by atoms with E-state index < -0.39 is 0 Å². The Kier molecular flexibility index (Phi) is 6.88. The van der Waals surface area contributed by atoms with Crippen LogP contribution < -0.4 is 0 Å². The highest BCUT2D eigenvalue weighted by molar-refractivity contribution is 6.15. The van der Waals surface area contributed by atoms with Crippen LogP contribution in [0.1, 0.15) is 35.6 Å². The van der Waals surface area contributed by atoms with E-state index in [4.69, 9.17) is 4.98 Å². The molecule has 0 unspecified atom stereocenters. The summed E-state index contributed by atoms with van der Waals surface area (Å²) in [6, 6.07) is 38.2. The van der Waals surface area contributed by atoms with Crippen LogP contribution in [0.2, 0.25) is 0 Å². The number of fused-ring (bicyclic) bond motifs is 8. The Morgan fingerprint density at radius 3 is 2.31 bits per heavy atom. The molecule has 0 amide bonds. The summed E-state index contributed by atoms with van der Waals surface area (Å²) in [5.41, 5.74) is 11.3. The van der Waals surface area contributed by atoms with Crippen LogP contribution in [0.3, 0.4) is 0 Å². The third kappa shape index (κ3) is 4.59. The SMILES string of the molecule is C=C/C=C\Cc1ccc2ccc(-c3ccc(-c4ccc5c6c(c7ccccc7c5c4)CCC=C6)c4ccccc34)nc2c1CC. The van der Waals surface area contributed by atoms with Gasteiger partial charge in [-0.15, -0.1) is 0 Å². The maximum atomic E-state index is 5.32. The first-order valence-electron chi connectivity index (χ1n) is 16.1. The molecule has 1 heterocycles. The first kappa shape index (κ1) is 27.3. The van der Waals surface area contributed by atoms with Gasteiger partial charge in [-0.1, -0.05) is 135 Å². The van der Waals surface area contributed by atoms with Gasteiger partial charge in [-0.3, -0.25) is 0 Å². The number of hydrogen-bond donors (Lipinski definition) is 0. The molecule has 6 aromatic carbocycles. The molecule has 0 bridgehead atoms. The molecule has 0 N–H and O–H groups in total. The molecular formula is C44H35N. The Labute approximate surface area is 264 Å². The smallest absolute Gasteiger partial charge is 0.0744 e. The molecule has 1 nitrogen and oxygen atoms in total. The number of allylic oxidation sites excluding steroid dienone is 4. The Balaban J connectivity index is 1.29. The van der Waals surface area contributed by atoms with Crippen molar-refractivity contribution in [3.05, 3.63) is 156 Å². The summed E-state index contributed by atoms with van der Waals surface area (Å²) in [5, 5.41) is 9.06. The van der Waals surface area contributed by atoms with Gasteiger partial charge in [0, 0.05) is 10.9 Å². The van der Waals surface area contributed by atoms with E-state index >= 15 is 0 Å². The van der Waals surface area contributed by atoms with E-state index in [2.05, 4.69) is 135 Å². The van der Waals surface area contributed by atoms with Crippen molar-refractivity contribution in [2.45, 2.75) is 32.6 Å². The minimum Gasteiger partial charge on any atom is -0.247 e. The largest absolute Gasteiger partial charge is 0.247 e. The number of rotatable bonds is 6. The Morgan fingerprint density at radius 1 is 0.733 bits per heavy atom. The average Bonchev–Trinajstić information content (AvgIpc) is 3.11. The first-order chi connectivity index (χ1) is 22.2. The maximum absolute atomic E-state index is 5.32. The average molecular weight is 578 g/mol. The number of aryl methyl sites for hydroxylation is 2. The fourth-order valence-corrected chi connectivity index (χ4v) is 7.44. The predicted octanol–water partition coefficient (Wildman–Crippen LogP) is 11.8. The fourth-order valence-electron chi connectivity index (χ4n) is 7.44. The van der Waals surface area contributed by atoms with Gasteiger partial charge in [0.25, 0.3) is 0 Å². The van der Waals surface area contributed by atoms with Gasteiger partial charge >= 0.3 is 0 Å². The molecule has 0 radical (unpaired) electrons. The lowest BCUT2D eigenvalue weighted by atomic mass is 9.85. The second-order valence-corrected chi connectivity index (χ2v) is 12.0. The van der Waals surface area contributed by atoms with Gasteiger partial charge in [0.05, 0.1) is 11.2 Å². The topological polar surface area (TPSA) is 12.9 Å². The van der Waals surface area contributed by atoms with E-state index in [0.717, 1.165) is 36.9 Å². The molecule has 216 valence electrons. The predicted molar refractivity (Wildman–Crippen MR) is 195 cm³/mol. The summed E-state index contributed by atoms with van der Waals surface area (Å²) in [6.45, 7) is 6.05. The van der Waals surface area contributed by atoms with Gasteiger partial charge in [-0.2, -0.15) is 0 Å². The molecule has 7 aromatic rings. The summed E-state index contributed by atoms with van der Waals surface area (Å²) in [4.78, 5) is 5.32. The Bertz CT molecular complexity index is 2350. The number of nitrogens with zero attached hydrogens (tertiary/aromatic N) is 1. The molecule has 0 saturated carbocycles. The van der Waals surface area contributed by atoms with Crippen LogP contribution in [0.5, 0.6) is 0 Å². The van der Waals surface area contributed by atoms with Crippen LogP contribution in [0.25, 0.3) is 71.7 Å². The summed E-state index contributed by atoms with van der Waals surface area (Å²) in [7, 11) is 0. The fraction of sp³-hybridized carbons (Fsp3) is 0.114. The molecule has 1 aliphatic carbocycles. The molecule has 0 spiro atoms. The molecule has 45 heavy (non-hydrogen) atoms. The monoisotopic (exact) mass is 577 g/mol. The third-order valence-corrected chi connectivity index (χ3v) is 9.56. The molecule has 1 heteroatoms. The van der Waals surface area contributed by atoms with E-state index in [9.17, 15) is 0 Å². The van der Waals surface area contributed by atoms with Crippen molar-refractivity contribution < 1.29 is 0 Å². The van der Waals surface area contributed by atoms with E-state index in [0.29, 0.717) is 0 Å². The molecule has 0 fully saturated rings.